The number of methoxy groups -OCH3 is 1. The number of aliphatic hydroxyl groups excluding tert-OH is 4. The third-order valence-electron chi connectivity index (χ3n) is 14.1. The van der Waals surface area contributed by atoms with E-state index in [-0.39, 0.29) is 30.6 Å². The van der Waals surface area contributed by atoms with Crippen molar-refractivity contribution in [3.63, 3.8) is 0 Å². The number of aliphatic hydroxyl groups is 4. The summed E-state index contributed by atoms with van der Waals surface area (Å²) in [5.74, 6) is -3.74. The fourth-order valence-corrected chi connectivity index (χ4v) is 9.68. The third-order valence-corrected chi connectivity index (χ3v) is 14.1. The summed E-state index contributed by atoms with van der Waals surface area (Å²) >= 11 is 0. The average molecular weight is 988 g/mol. The van der Waals surface area contributed by atoms with Crippen LogP contribution in [0.15, 0.2) is 36.4 Å². The number of carbonyl (C=O) groups is 5. The van der Waals surface area contributed by atoms with E-state index in [0.717, 1.165) is 5.56 Å². The molecule has 19 heteroatoms. The largest absolute Gasteiger partial charge is 0.497 e. The summed E-state index contributed by atoms with van der Waals surface area (Å²) < 4.78 is 17.6. The van der Waals surface area contributed by atoms with Crippen LogP contribution in [0.4, 0.5) is 0 Å². The standard InChI is InChI=1S/C51H85N7O12/c1-13-31(8)42-40(59)27-41(60)70-44(30(6)7)47(63)53-36(24-28(2)3)49(65)58-23-15-17-37(58)50(66)57(11)39(26-33-18-20-34(68-12)21-19-33)51(67)69-32(9)43(46(62)54-42)55-45(61)38(25-29(4)5)56(10)48(64)35-16-14-22-52-35/h14,16,18-21,28-32,35-40,42-44,49-52,59,65-67H,13,15,17,22-27H2,1-12H3,(H,53,63)(H,54,62)(H,55,61)/t31?,32-,35?,36-,37-,38+,39-,40-,42-,43+,44-,49?,50?,51?/m0/s1. The van der Waals surface area contributed by atoms with Gasteiger partial charge in [-0.05, 0) is 87.4 Å². The first-order valence-electron chi connectivity index (χ1n) is 25.2. The van der Waals surface area contributed by atoms with Gasteiger partial charge < -0.3 is 55.5 Å². The van der Waals surface area contributed by atoms with Crippen molar-refractivity contribution in [1.82, 2.24) is 36.0 Å². The molecule has 3 aliphatic rings. The maximum Gasteiger partial charge on any atom is 0.309 e. The van der Waals surface area contributed by atoms with Gasteiger partial charge in [-0.2, -0.15) is 0 Å². The van der Waals surface area contributed by atoms with E-state index in [2.05, 4.69) is 21.3 Å². The van der Waals surface area contributed by atoms with Crippen molar-refractivity contribution in [2.45, 2.75) is 187 Å². The molecule has 0 aromatic heterocycles. The molecule has 5 unspecified atom stereocenters. The fourth-order valence-electron chi connectivity index (χ4n) is 9.68. The van der Waals surface area contributed by atoms with Gasteiger partial charge in [0.1, 0.15) is 36.3 Å². The number of nitrogens with one attached hydrogen (secondary N) is 4. The summed E-state index contributed by atoms with van der Waals surface area (Å²) in [6, 6.07) is 0.322. The smallest absolute Gasteiger partial charge is 0.309 e. The van der Waals surface area contributed by atoms with Crippen molar-refractivity contribution in [3.8, 4) is 5.75 Å². The zero-order chi connectivity index (χ0) is 52.1. The number of nitrogens with zero attached hydrogens (tertiary/aromatic N) is 3. The summed E-state index contributed by atoms with van der Waals surface area (Å²) in [5.41, 5.74) is 0.744. The number of likely N-dealkylation sites (N-methyl/N-ethyl adjacent to an activating group) is 2. The maximum absolute atomic E-state index is 14.8. The Labute approximate surface area is 415 Å². The molecule has 0 bridgehead atoms. The highest BCUT2D eigenvalue weighted by Crippen LogP contribution is 2.29. The number of cyclic esters (lactones) is 1. The highest BCUT2D eigenvalue weighted by atomic mass is 16.6. The van der Waals surface area contributed by atoms with Gasteiger partial charge in [-0.25, -0.2) is 0 Å². The number of benzene rings is 1. The van der Waals surface area contributed by atoms with Crippen LogP contribution in [0.2, 0.25) is 0 Å². The Hall–Kier alpha value is -4.21. The van der Waals surface area contributed by atoms with E-state index < -0.39 is 121 Å². The van der Waals surface area contributed by atoms with E-state index in [4.69, 9.17) is 14.2 Å². The zero-order valence-corrected chi connectivity index (χ0v) is 43.5. The summed E-state index contributed by atoms with van der Waals surface area (Å²) in [5, 5.41) is 60.3. The van der Waals surface area contributed by atoms with E-state index in [1.165, 1.54) is 18.9 Å². The normalized spacial score (nSPS) is 31.3. The molecule has 0 aliphatic carbocycles. The molecule has 1 aromatic carbocycles. The molecule has 19 nitrogen and oxygen atoms in total. The number of fused-ring (bicyclic) bond motifs is 1. The van der Waals surface area contributed by atoms with Crippen molar-refractivity contribution >= 4 is 29.6 Å². The van der Waals surface area contributed by atoms with Crippen LogP contribution in [0.1, 0.15) is 106 Å². The topological polar surface area (TPSA) is 252 Å². The summed E-state index contributed by atoms with van der Waals surface area (Å²) in [7, 11) is 4.71. The van der Waals surface area contributed by atoms with E-state index in [1.54, 1.807) is 62.9 Å². The lowest BCUT2D eigenvalue weighted by Gasteiger charge is -2.43. The Balaban J connectivity index is 1.85. The lowest BCUT2D eigenvalue weighted by atomic mass is 9.92. The predicted molar refractivity (Wildman–Crippen MR) is 264 cm³/mol. The molecule has 2 saturated heterocycles. The van der Waals surface area contributed by atoms with Gasteiger partial charge >= 0.3 is 5.97 Å². The van der Waals surface area contributed by atoms with Gasteiger partial charge in [0.2, 0.25) is 17.7 Å². The van der Waals surface area contributed by atoms with Crippen LogP contribution in [0.25, 0.3) is 0 Å². The van der Waals surface area contributed by atoms with E-state index in [0.29, 0.717) is 44.5 Å². The fraction of sp³-hybridized carbons (Fsp3) is 0.745. The maximum atomic E-state index is 14.8. The van der Waals surface area contributed by atoms with Crippen molar-refractivity contribution in [1.29, 1.82) is 0 Å². The summed E-state index contributed by atoms with van der Waals surface area (Å²) in [4.78, 5) is 75.6. The van der Waals surface area contributed by atoms with E-state index in [1.807, 2.05) is 52.8 Å². The van der Waals surface area contributed by atoms with Crippen LogP contribution >= 0.6 is 0 Å². The van der Waals surface area contributed by atoms with Gasteiger partial charge in [-0.1, -0.05) is 86.1 Å². The quantitative estimate of drug-likeness (QED) is 0.0975. The highest BCUT2D eigenvalue weighted by Gasteiger charge is 2.45. The van der Waals surface area contributed by atoms with Crippen LogP contribution in [-0.2, 0) is 39.9 Å². The highest BCUT2D eigenvalue weighted by molar-refractivity contribution is 5.94. The minimum absolute atomic E-state index is 0.0129. The number of carbonyl (C=O) groups excluding carboxylic acids is 5. The minimum Gasteiger partial charge on any atom is -0.497 e. The van der Waals surface area contributed by atoms with Crippen LogP contribution < -0.4 is 26.0 Å². The first-order valence-corrected chi connectivity index (χ1v) is 25.2. The lowest BCUT2D eigenvalue weighted by Crippen LogP contribution is -2.62. The Morgan fingerprint density at radius 2 is 1.63 bits per heavy atom. The SMILES string of the molecule is CCC(C)[C@@H]1NC(=O)[C@H](NC(=O)[C@@H](CC(C)C)N(C)C(=O)C2C=CCN2)[C@H](C)OC(O)[C@H](Cc2ccc(OC)cc2)N(C)C(O)[C@@H]2CCCN2C(O)[C@H](CC(C)C)NC(=O)[C@H](C(C)C)OC(=O)C[C@@H]1O. The molecule has 0 spiro atoms. The van der Waals surface area contributed by atoms with Crippen LogP contribution in [0, 0.1) is 23.7 Å². The Kier molecular flexibility index (Phi) is 22.5. The number of hydrogen-bond acceptors (Lipinski definition) is 15. The van der Waals surface area contributed by atoms with Crippen LogP contribution in [0.3, 0.4) is 0 Å². The number of amides is 4. The first kappa shape index (κ1) is 58.4. The Morgan fingerprint density at radius 1 is 0.957 bits per heavy atom. The molecule has 396 valence electrons. The van der Waals surface area contributed by atoms with E-state index in [9.17, 15) is 44.4 Å². The second-order valence-corrected chi connectivity index (χ2v) is 20.8. The molecule has 4 amide bonds. The lowest BCUT2D eigenvalue weighted by molar-refractivity contribution is -0.198. The molecule has 2 fully saturated rings. The number of rotatable bonds is 14. The van der Waals surface area contributed by atoms with Crippen molar-refractivity contribution in [2.24, 2.45) is 23.7 Å². The van der Waals surface area contributed by atoms with Gasteiger partial charge in [-0.15, -0.1) is 0 Å². The van der Waals surface area contributed by atoms with Crippen LogP contribution in [-0.4, -0.2) is 178 Å². The minimum atomic E-state index is -1.72. The molecule has 0 saturated carbocycles. The summed E-state index contributed by atoms with van der Waals surface area (Å²) in [6.45, 7) is 17.2. The van der Waals surface area contributed by atoms with Gasteiger partial charge in [0.25, 0.3) is 5.91 Å². The number of esters is 1. The molecule has 3 aliphatic heterocycles. The zero-order valence-electron chi connectivity index (χ0n) is 43.5. The Bertz CT molecular complexity index is 1890. The first-order chi connectivity index (χ1) is 33.0. The molecular formula is C51H85N7O12. The van der Waals surface area contributed by atoms with Gasteiger partial charge in [0, 0.05) is 20.1 Å². The number of ether oxygens (including phenoxy) is 3. The average Bonchev–Trinajstić information content (AvgIpc) is 4.04. The number of hydrogen-bond donors (Lipinski definition) is 8. The van der Waals surface area contributed by atoms with Crippen LogP contribution in [0.5, 0.6) is 5.75 Å². The van der Waals surface area contributed by atoms with Crippen molar-refractivity contribution in [3.05, 3.63) is 42.0 Å². The predicted octanol–water partition coefficient (Wildman–Crippen LogP) is 1.64. The molecule has 14 atom stereocenters. The van der Waals surface area contributed by atoms with Gasteiger partial charge in [0.15, 0.2) is 12.4 Å². The van der Waals surface area contributed by atoms with E-state index >= 15 is 0 Å². The van der Waals surface area contributed by atoms with Crippen molar-refractivity contribution < 1.29 is 58.6 Å². The molecule has 3 heterocycles. The second kappa shape index (κ2) is 27.0. The molecular weight excluding hydrogens is 903 g/mol. The third kappa shape index (κ3) is 15.6. The van der Waals surface area contributed by atoms with Gasteiger partial charge in [-0.3, -0.25) is 39.1 Å². The molecule has 70 heavy (non-hydrogen) atoms. The molecule has 1 aromatic rings. The molecule has 8 N–H and O–H groups in total. The van der Waals surface area contributed by atoms with Gasteiger partial charge in [0.05, 0.1) is 49.9 Å². The molecule has 0 radical (unpaired) electrons. The monoisotopic (exact) mass is 988 g/mol. The molecule has 4 rings (SSSR count). The van der Waals surface area contributed by atoms with Crippen molar-refractivity contribution in [2.75, 3.05) is 34.3 Å². The Morgan fingerprint density at radius 3 is 2.20 bits per heavy atom. The summed E-state index contributed by atoms with van der Waals surface area (Å²) in [6.07, 6.45) is -3.28. The second-order valence-electron chi connectivity index (χ2n) is 20.8.